The Bertz CT molecular complexity index is 225. The van der Waals surface area contributed by atoms with Gasteiger partial charge in [0.15, 0.2) is 0 Å². The first-order chi connectivity index (χ1) is 8.13. The van der Waals surface area contributed by atoms with Crippen LogP contribution in [0.15, 0.2) is 0 Å². The summed E-state index contributed by atoms with van der Waals surface area (Å²) in [6, 6.07) is -0.380. The SMILES string of the molecule is CCCNC(CCN1CCC(C)CC1)C(=O)O. The zero-order chi connectivity index (χ0) is 12.7. The second-order valence-electron chi connectivity index (χ2n) is 5.16. The molecule has 0 aromatic rings. The Morgan fingerprint density at radius 2 is 2.12 bits per heavy atom. The molecule has 0 bridgehead atoms. The molecule has 1 aliphatic heterocycles. The van der Waals surface area contributed by atoms with Gasteiger partial charge >= 0.3 is 5.97 Å². The van der Waals surface area contributed by atoms with E-state index >= 15 is 0 Å². The van der Waals surface area contributed by atoms with E-state index in [9.17, 15) is 4.79 Å². The van der Waals surface area contributed by atoms with Gasteiger partial charge in [-0.3, -0.25) is 4.79 Å². The fraction of sp³-hybridized carbons (Fsp3) is 0.923. The van der Waals surface area contributed by atoms with Crippen molar-refractivity contribution < 1.29 is 9.90 Å². The fourth-order valence-corrected chi connectivity index (χ4v) is 2.23. The third-order valence-corrected chi connectivity index (χ3v) is 3.55. The van der Waals surface area contributed by atoms with Crippen molar-refractivity contribution in [2.24, 2.45) is 5.92 Å². The zero-order valence-corrected chi connectivity index (χ0v) is 11.1. The summed E-state index contributed by atoms with van der Waals surface area (Å²) in [6.45, 7) is 8.29. The van der Waals surface area contributed by atoms with Crippen LogP contribution in [0.4, 0.5) is 0 Å². The van der Waals surface area contributed by atoms with E-state index < -0.39 is 5.97 Å². The Morgan fingerprint density at radius 1 is 1.47 bits per heavy atom. The van der Waals surface area contributed by atoms with E-state index in [0.717, 1.165) is 38.5 Å². The highest BCUT2D eigenvalue weighted by atomic mass is 16.4. The number of carboxylic acid groups (broad SMARTS) is 1. The first-order valence-electron chi connectivity index (χ1n) is 6.82. The Labute approximate surface area is 104 Å². The van der Waals surface area contributed by atoms with Gasteiger partial charge in [-0.15, -0.1) is 0 Å². The molecule has 1 heterocycles. The molecule has 0 radical (unpaired) electrons. The summed E-state index contributed by atoms with van der Waals surface area (Å²) < 4.78 is 0. The van der Waals surface area contributed by atoms with Crippen molar-refractivity contribution in [1.29, 1.82) is 0 Å². The average Bonchev–Trinajstić information content (AvgIpc) is 2.31. The highest BCUT2D eigenvalue weighted by Crippen LogP contribution is 2.16. The van der Waals surface area contributed by atoms with Crippen LogP contribution < -0.4 is 5.32 Å². The van der Waals surface area contributed by atoms with Crippen LogP contribution >= 0.6 is 0 Å². The summed E-state index contributed by atoms with van der Waals surface area (Å²) in [5, 5.41) is 12.2. The van der Waals surface area contributed by atoms with E-state index in [0.29, 0.717) is 6.42 Å². The van der Waals surface area contributed by atoms with Gasteiger partial charge in [-0.05, 0) is 51.2 Å². The number of piperidine rings is 1. The molecule has 0 aromatic heterocycles. The molecule has 2 N–H and O–H groups in total. The molecule has 1 fully saturated rings. The Morgan fingerprint density at radius 3 is 2.65 bits per heavy atom. The predicted octanol–water partition coefficient (Wildman–Crippen LogP) is 1.56. The number of aliphatic carboxylic acids is 1. The van der Waals surface area contributed by atoms with Crippen LogP contribution in [0.3, 0.4) is 0 Å². The summed E-state index contributed by atoms with van der Waals surface area (Å²) in [5.41, 5.74) is 0. The Kier molecular flexibility index (Phi) is 6.52. The van der Waals surface area contributed by atoms with Gasteiger partial charge in [-0.25, -0.2) is 0 Å². The second kappa shape index (κ2) is 7.67. The number of carboxylic acids is 1. The molecule has 1 atom stereocenters. The molecule has 0 aliphatic carbocycles. The van der Waals surface area contributed by atoms with Crippen molar-refractivity contribution in [3.05, 3.63) is 0 Å². The number of likely N-dealkylation sites (tertiary alicyclic amines) is 1. The van der Waals surface area contributed by atoms with E-state index in [-0.39, 0.29) is 6.04 Å². The number of carbonyl (C=O) groups is 1. The van der Waals surface area contributed by atoms with Crippen molar-refractivity contribution in [2.75, 3.05) is 26.2 Å². The van der Waals surface area contributed by atoms with Crippen LogP contribution in [-0.4, -0.2) is 48.2 Å². The number of hydrogen-bond donors (Lipinski definition) is 2. The van der Waals surface area contributed by atoms with Gasteiger partial charge in [0.25, 0.3) is 0 Å². The van der Waals surface area contributed by atoms with E-state index in [4.69, 9.17) is 5.11 Å². The lowest BCUT2D eigenvalue weighted by Gasteiger charge is -2.30. The van der Waals surface area contributed by atoms with Crippen LogP contribution in [0.2, 0.25) is 0 Å². The van der Waals surface area contributed by atoms with Gasteiger partial charge in [0.2, 0.25) is 0 Å². The van der Waals surface area contributed by atoms with Crippen LogP contribution in [0.1, 0.15) is 39.5 Å². The maximum Gasteiger partial charge on any atom is 0.320 e. The lowest BCUT2D eigenvalue weighted by atomic mass is 9.99. The van der Waals surface area contributed by atoms with Crippen molar-refractivity contribution in [2.45, 2.75) is 45.6 Å². The molecule has 1 aliphatic rings. The first kappa shape index (κ1) is 14.5. The van der Waals surface area contributed by atoms with Crippen molar-refractivity contribution in [1.82, 2.24) is 10.2 Å². The molecule has 4 heteroatoms. The van der Waals surface area contributed by atoms with E-state index in [2.05, 4.69) is 24.1 Å². The lowest BCUT2D eigenvalue weighted by Crippen LogP contribution is -2.41. The lowest BCUT2D eigenvalue weighted by molar-refractivity contribution is -0.139. The molecule has 1 unspecified atom stereocenters. The number of nitrogens with zero attached hydrogens (tertiary/aromatic N) is 1. The van der Waals surface area contributed by atoms with Crippen LogP contribution in [0.25, 0.3) is 0 Å². The molecule has 0 aromatic carbocycles. The molecule has 1 rings (SSSR count). The monoisotopic (exact) mass is 242 g/mol. The summed E-state index contributed by atoms with van der Waals surface area (Å²) in [5.74, 6) is 0.114. The van der Waals surface area contributed by atoms with Gasteiger partial charge in [0.05, 0.1) is 0 Å². The van der Waals surface area contributed by atoms with E-state index in [1.54, 1.807) is 0 Å². The number of nitrogens with one attached hydrogen (secondary N) is 1. The van der Waals surface area contributed by atoms with E-state index in [1.165, 1.54) is 12.8 Å². The van der Waals surface area contributed by atoms with E-state index in [1.807, 2.05) is 0 Å². The first-order valence-corrected chi connectivity index (χ1v) is 6.82. The fourth-order valence-electron chi connectivity index (χ4n) is 2.23. The van der Waals surface area contributed by atoms with Crippen molar-refractivity contribution in [3.8, 4) is 0 Å². The smallest absolute Gasteiger partial charge is 0.320 e. The topological polar surface area (TPSA) is 52.6 Å². The molecule has 100 valence electrons. The second-order valence-corrected chi connectivity index (χ2v) is 5.16. The molecule has 0 spiro atoms. The van der Waals surface area contributed by atoms with Crippen LogP contribution in [0, 0.1) is 5.92 Å². The molecule has 17 heavy (non-hydrogen) atoms. The van der Waals surface area contributed by atoms with Gasteiger partial charge in [0.1, 0.15) is 6.04 Å². The highest BCUT2D eigenvalue weighted by Gasteiger charge is 2.20. The normalized spacial score (nSPS) is 20.4. The van der Waals surface area contributed by atoms with Gasteiger partial charge in [-0.2, -0.15) is 0 Å². The Hall–Kier alpha value is -0.610. The minimum absolute atomic E-state index is 0.380. The summed E-state index contributed by atoms with van der Waals surface area (Å²) >= 11 is 0. The van der Waals surface area contributed by atoms with Gasteiger partial charge in [0, 0.05) is 6.54 Å². The third kappa shape index (κ3) is 5.50. The minimum Gasteiger partial charge on any atom is -0.480 e. The molecule has 0 amide bonds. The molecule has 4 nitrogen and oxygen atoms in total. The van der Waals surface area contributed by atoms with Crippen molar-refractivity contribution >= 4 is 5.97 Å². The number of hydrogen-bond acceptors (Lipinski definition) is 3. The van der Waals surface area contributed by atoms with Gasteiger partial charge in [-0.1, -0.05) is 13.8 Å². The standard InChI is InChI=1S/C13H26N2O2/c1-3-7-14-12(13(16)17)6-10-15-8-4-11(2)5-9-15/h11-12,14H,3-10H2,1-2H3,(H,16,17). The molecular weight excluding hydrogens is 216 g/mol. The maximum atomic E-state index is 11.0. The summed E-state index contributed by atoms with van der Waals surface area (Å²) in [4.78, 5) is 13.4. The number of rotatable bonds is 7. The minimum atomic E-state index is -0.719. The Balaban J connectivity index is 2.23. The van der Waals surface area contributed by atoms with Crippen molar-refractivity contribution in [3.63, 3.8) is 0 Å². The zero-order valence-electron chi connectivity index (χ0n) is 11.1. The quantitative estimate of drug-likeness (QED) is 0.711. The van der Waals surface area contributed by atoms with Crippen LogP contribution in [-0.2, 0) is 4.79 Å². The molecular formula is C13H26N2O2. The predicted molar refractivity (Wildman–Crippen MR) is 69.2 cm³/mol. The van der Waals surface area contributed by atoms with Gasteiger partial charge < -0.3 is 15.3 Å². The maximum absolute atomic E-state index is 11.0. The summed E-state index contributed by atoms with van der Waals surface area (Å²) in [7, 11) is 0. The van der Waals surface area contributed by atoms with Crippen LogP contribution in [0.5, 0.6) is 0 Å². The molecule has 1 saturated heterocycles. The average molecular weight is 242 g/mol. The highest BCUT2D eigenvalue weighted by molar-refractivity contribution is 5.73. The third-order valence-electron chi connectivity index (χ3n) is 3.55. The summed E-state index contributed by atoms with van der Waals surface area (Å²) in [6.07, 6.45) is 4.19. The molecule has 0 saturated carbocycles. The largest absolute Gasteiger partial charge is 0.480 e.